The van der Waals surface area contributed by atoms with Crippen LogP contribution in [0.4, 0.5) is 10.5 Å². The number of urea groups is 1. The van der Waals surface area contributed by atoms with Crippen LogP contribution in [0.5, 0.6) is 0 Å². The predicted octanol–water partition coefficient (Wildman–Crippen LogP) is 2.17. The second kappa shape index (κ2) is 7.87. The van der Waals surface area contributed by atoms with Gasteiger partial charge in [-0.05, 0) is 45.5 Å². The summed E-state index contributed by atoms with van der Waals surface area (Å²) >= 11 is 0. The number of nitrogens with two attached hydrogens (primary N) is 1. The maximum atomic E-state index is 11.8. The molecule has 1 unspecified atom stereocenters. The summed E-state index contributed by atoms with van der Waals surface area (Å²) in [6, 6.07) is 7.83. The molecule has 1 aromatic carbocycles. The van der Waals surface area contributed by atoms with Crippen LogP contribution in [-0.4, -0.2) is 37.1 Å². The van der Waals surface area contributed by atoms with Crippen molar-refractivity contribution in [3.05, 3.63) is 29.8 Å². The van der Waals surface area contributed by atoms with Crippen LogP contribution in [0.3, 0.4) is 0 Å². The fourth-order valence-corrected chi connectivity index (χ4v) is 1.68. The summed E-state index contributed by atoms with van der Waals surface area (Å²) in [6.45, 7) is 7.61. The Morgan fingerprint density at radius 1 is 1.35 bits per heavy atom. The summed E-state index contributed by atoms with van der Waals surface area (Å²) in [5.74, 6) is 0. The van der Waals surface area contributed by atoms with Crippen molar-refractivity contribution in [3.63, 3.8) is 0 Å². The van der Waals surface area contributed by atoms with Crippen molar-refractivity contribution in [1.29, 1.82) is 0 Å². The standard InChI is InChI=1S/C15H26N4O/c1-11(2)19(4)9-8-17-15(20)18-14-7-5-6-13(10-14)12(3)16/h5-7,10-12H,8-9,16H2,1-4H3,(H2,17,18,20). The van der Waals surface area contributed by atoms with Crippen LogP contribution >= 0.6 is 0 Å². The molecular weight excluding hydrogens is 252 g/mol. The highest BCUT2D eigenvalue weighted by Gasteiger charge is 2.06. The summed E-state index contributed by atoms with van der Waals surface area (Å²) in [5.41, 5.74) is 7.58. The molecule has 0 aliphatic carbocycles. The fraction of sp³-hybridized carbons (Fsp3) is 0.533. The molecular formula is C15H26N4O. The normalized spacial score (nSPS) is 12.6. The maximum Gasteiger partial charge on any atom is 0.319 e. The SMILES string of the molecule is CC(N)c1cccc(NC(=O)NCCN(C)C(C)C)c1. The van der Waals surface area contributed by atoms with Crippen LogP contribution in [0.15, 0.2) is 24.3 Å². The Balaban J connectivity index is 2.41. The lowest BCUT2D eigenvalue weighted by atomic mass is 10.1. The minimum atomic E-state index is -0.191. The molecule has 4 N–H and O–H groups in total. The number of amides is 2. The lowest BCUT2D eigenvalue weighted by Crippen LogP contribution is -2.37. The van der Waals surface area contributed by atoms with E-state index in [1.807, 2.05) is 38.2 Å². The zero-order valence-corrected chi connectivity index (χ0v) is 12.8. The van der Waals surface area contributed by atoms with Crippen LogP contribution in [-0.2, 0) is 0 Å². The second-order valence-electron chi connectivity index (χ2n) is 5.37. The van der Waals surface area contributed by atoms with E-state index >= 15 is 0 Å². The van der Waals surface area contributed by atoms with E-state index in [4.69, 9.17) is 5.73 Å². The van der Waals surface area contributed by atoms with Gasteiger partial charge in [0.25, 0.3) is 0 Å². The Labute approximate surface area is 121 Å². The molecule has 2 amide bonds. The Hall–Kier alpha value is -1.59. The van der Waals surface area contributed by atoms with Crippen LogP contribution in [0.2, 0.25) is 0 Å². The van der Waals surface area contributed by atoms with Crippen molar-refractivity contribution >= 4 is 11.7 Å². The fourth-order valence-electron chi connectivity index (χ4n) is 1.68. The van der Waals surface area contributed by atoms with Crippen molar-refractivity contribution in [2.24, 2.45) is 5.73 Å². The molecule has 112 valence electrons. The summed E-state index contributed by atoms with van der Waals surface area (Å²) in [7, 11) is 2.04. The summed E-state index contributed by atoms with van der Waals surface area (Å²) in [4.78, 5) is 14.0. The third kappa shape index (κ3) is 5.59. The van der Waals surface area contributed by atoms with Gasteiger partial charge in [0.05, 0.1) is 0 Å². The lowest BCUT2D eigenvalue weighted by Gasteiger charge is -2.21. The maximum absolute atomic E-state index is 11.8. The molecule has 1 rings (SSSR count). The number of hydrogen-bond acceptors (Lipinski definition) is 3. The van der Waals surface area contributed by atoms with Gasteiger partial charge in [0, 0.05) is 30.9 Å². The minimum Gasteiger partial charge on any atom is -0.337 e. The number of anilines is 1. The number of rotatable bonds is 6. The first-order chi connectivity index (χ1) is 9.40. The first kappa shape index (κ1) is 16.5. The van der Waals surface area contributed by atoms with Crippen LogP contribution < -0.4 is 16.4 Å². The Morgan fingerprint density at radius 3 is 2.65 bits per heavy atom. The summed E-state index contributed by atoms with van der Waals surface area (Å²) in [6.07, 6.45) is 0. The topological polar surface area (TPSA) is 70.4 Å². The number of nitrogens with zero attached hydrogens (tertiary/aromatic N) is 1. The molecule has 5 nitrogen and oxygen atoms in total. The van der Waals surface area contributed by atoms with Gasteiger partial charge < -0.3 is 21.3 Å². The lowest BCUT2D eigenvalue weighted by molar-refractivity contribution is 0.244. The number of likely N-dealkylation sites (N-methyl/N-ethyl adjacent to an activating group) is 1. The first-order valence-electron chi connectivity index (χ1n) is 7.00. The van der Waals surface area contributed by atoms with Gasteiger partial charge in [-0.15, -0.1) is 0 Å². The molecule has 20 heavy (non-hydrogen) atoms. The molecule has 0 aliphatic rings. The summed E-state index contributed by atoms with van der Waals surface area (Å²) in [5, 5.41) is 5.66. The molecule has 0 bridgehead atoms. The van der Waals surface area contributed by atoms with E-state index in [-0.39, 0.29) is 12.1 Å². The molecule has 0 saturated heterocycles. The van der Waals surface area contributed by atoms with Gasteiger partial charge in [-0.25, -0.2) is 4.79 Å². The van der Waals surface area contributed by atoms with Gasteiger partial charge >= 0.3 is 6.03 Å². The van der Waals surface area contributed by atoms with E-state index in [1.54, 1.807) is 0 Å². The van der Waals surface area contributed by atoms with Gasteiger partial charge in [0.15, 0.2) is 0 Å². The number of hydrogen-bond donors (Lipinski definition) is 3. The zero-order valence-electron chi connectivity index (χ0n) is 12.8. The highest BCUT2D eigenvalue weighted by molar-refractivity contribution is 5.89. The molecule has 5 heteroatoms. The van der Waals surface area contributed by atoms with Crippen LogP contribution in [0.25, 0.3) is 0 Å². The third-order valence-corrected chi connectivity index (χ3v) is 3.30. The predicted molar refractivity (Wildman–Crippen MR) is 83.8 cm³/mol. The number of benzene rings is 1. The minimum absolute atomic E-state index is 0.0421. The monoisotopic (exact) mass is 278 g/mol. The smallest absolute Gasteiger partial charge is 0.319 e. The van der Waals surface area contributed by atoms with Crippen molar-refractivity contribution in [2.75, 3.05) is 25.5 Å². The van der Waals surface area contributed by atoms with Crippen molar-refractivity contribution in [3.8, 4) is 0 Å². The highest BCUT2D eigenvalue weighted by Crippen LogP contribution is 2.15. The molecule has 0 aromatic heterocycles. The van der Waals surface area contributed by atoms with E-state index < -0.39 is 0 Å². The Morgan fingerprint density at radius 2 is 2.05 bits per heavy atom. The molecule has 0 radical (unpaired) electrons. The number of carbonyl (C=O) groups is 1. The highest BCUT2D eigenvalue weighted by atomic mass is 16.2. The molecule has 0 fully saturated rings. The van der Waals surface area contributed by atoms with Crippen LogP contribution in [0.1, 0.15) is 32.4 Å². The van der Waals surface area contributed by atoms with E-state index in [0.717, 1.165) is 17.8 Å². The molecule has 1 atom stereocenters. The van der Waals surface area contributed by atoms with Crippen molar-refractivity contribution < 1.29 is 4.79 Å². The van der Waals surface area contributed by atoms with Crippen LogP contribution in [0, 0.1) is 0 Å². The van der Waals surface area contributed by atoms with Crippen molar-refractivity contribution in [1.82, 2.24) is 10.2 Å². The van der Waals surface area contributed by atoms with Crippen molar-refractivity contribution in [2.45, 2.75) is 32.9 Å². The van der Waals surface area contributed by atoms with E-state index in [0.29, 0.717) is 12.6 Å². The van der Waals surface area contributed by atoms with Gasteiger partial charge in [-0.3, -0.25) is 0 Å². The van der Waals surface area contributed by atoms with Gasteiger partial charge in [-0.1, -0.05) is 12.1 Å². The molecule has 0 aliphatic heterocycles. The van der Waals surface area contributed by atoms with Gasteiger partial charge in [0.2, 0.25) is 0 Å². The second-order valence-corrected chi connectivity index (χ2v) is 5.37. The quantitative estimate of drug-likeness (QED) is 0.747. The average Bonchev–Trinajstić information content (AvgIpc) is 2.38. The molecule has 1 aromatic rings. The van der Waals surface area contributed by atoms with E-state index in [2.05, 4.69) is 29.4 Å². The Bertz CT molecular complexity index is 432. The molecule has 0 heterocycles. The molecule has 0 saturated carbocycles. The zero-order chi connectivity index (χ0) is 15.1. The Kier molecular flexibility index (Phi) is 6.48. The third-order valence-electron chi connectivity index (χ3n) is 3.30. The molecule has 0 spiro atoms. The van der Waals surface area contributed by atoms with E-state index in [1.165, 1.54) is 0 Å². The van der Waals surface area contributed by atoms with E-state index in [9.17, 15) is 4.79 Å². The number of nitrogens with one attached hydrogen (secondary N) is 2. The first-order valence-corrected chi connectivity index (χ1v) is 7.00. The van der Waals surface area contributed by atoms with Gasteiger partial charge in [0.1, 0.15) is 0 Å². The summed E-state index contributed by atoms with van der Waals surface area (Å²) < 4.78 is 0. The average molecular weight is 278 g/mol. The largest absolute Gasteiger partial charge is 0.337 e. The number of carbonyl (C=O) groups excluding carboxylic acids is 1. The van der Waals surface area contributed by atoms with Gasteiger partial charge in [-0.2, -0.15) is 0 Å².